The number of rotatable bonds is 14. The van der Waals surface area contributed by atoms with Crippen LogP contribution in [0.25, 0.3) is 0 Å². The summed E-state index contributed by atoms with van der Waals surface area (Å²) < 4.78 is 50.2. The van der Waals surface area contributed by atoms with Crippen LogP contribution in [-0.4, -0.2) is 30.8 Å². The summed E-state index contributed by atoms with van der Waals surface area (Å²) >= 11 is 0. The molecule has 0 aliphatic carbocycles. The number of carbonyl (C=O) groups is 1. The smallest absolute Gasteiger partial charge is 0.416 e. The van der Waals surface area contributed by atoms with Crippen molar-refractivity contribution < 1.29 is 32.6 Å². The number of carbonyl (C=O) groups excluding carboxylic acids is 1. The Labute approximate surface area is 214 Å². The Hall–Kier alpha value is -3.56. The van der Waals surface area contributed by atoms with E-state index in [1.165, 1.54) is 12.1 Å². The number of nitrogens with one attached hydrogen (secondary N) is 2. The quantitative estimate of drug-likeness (QED) is 0.136. The third-order valence-electron chi connectivity index (χ3n) is 5.70. The normalized spacial score (nSPS) is 12.1. The fourth-order valence-corrected chi connectivity index (χ4v) is 3.69. The van der Waals surface area contributed by atoms with Gasteiger partial charge in [-0.2, -0.15) is 13.2 Å². The van der Waals surface area contributed by atoms with E-state index in [0.717, 1.165) is 43.5 Å². The molecule has 3 N–H and O–H groups in total. The number of benzene rings is 3. The molecule has 0 aliphatic rings. The Morgan fingerprint density at radius 3 is 2.16 bits per heavy atom. The van der Waals surface area contributed by atoms with Crippen LogP contribution in [0.15, 0.2) is 78.9 Å². The van der Waals surface area contributed by atoms with Crippen LogP contribution in [-0.2, 0) is 6.18 Å². The second-order valence-corrected chi connectivity index (χ2v) is 8.45. The highest BCUT2D eigenvalue weighted by atomic mass is 19.4. The van der Waals surface area contributed by atoms with Crippen LogP contribution in [0.1, 0.15) is 53.3 Å². The number of hydrogen-bond donors (Lipinski definition) is 3. The maximum Gasteiger partial charge on any atom is 0.416 e. The van der Waals surface area contributed by atoms with E-state index in [1.807, 2.05) is 30.3 Å². The molecule has 0 heterocycles. The molecule has 0 aromatic heterocycles. The van der Waals surface area contributed by atoms with Gasteiger partial charge in [0, 0.05) is 12.0 Å². The molecule has 1 atom stereocenters. The molecule has 0 fully saturated rings. The first-order chi connectivity index (χ1) is 17.9. The van der Waals surface area contributed by atoms with E-state index >= 15 is 0 Å². The van der Waals surface area contributed by atoms with Crippen LogP contribution in [0.3, 0.4) is 0 Å². The van der Waals surface area contributed by atoms with E-state index < -0.39 is 17.6 Å². The minimum Gasteiger partial charge on any atom is -0.494 e. The molecule has 0 radical (unpaired) electrons. The van der Waals surface area contributed by atoms with E-state index in [1.54, 1.807) is 29.7 Å². The van der Waals surface area contributed by atoms with Gasteiger partial charge in [-0.25, -0.2) is 5.48 Å². The van der Waals surface area contributed by atoms with Gasteiger partial charge < -0.3 is 14.8 Å². The highest BCUT2D eigenvalue weighted by Gasteiger charge is 2.30. The molecular weight excluding hydrogens is 485 g/mol. The number of amides is 1. The van der Waals surface area contributed by atoms with Crippen LogP contribution >= 0.6 is 0 Å². The van der Waals surface area contributed by atoms with Gasteiger partial charge in [0.05, 0.1) is 12.2 Å². The Morgan fingerprint density at radius 2 is 1.51 bits per heavy atom. The summed E-state index contributed by atoms with van der Waals surface area (Å²) in [5.41, 5.74) is 2.20. The molecule has 37 heavy (non-hydrogen) atoms. The van der Waals surface area contributed by atoms with Crippen LogP contribution < -0.4 is 20.3 Å². The van der Waals surface area contributed by atoms with Crippen molar-refractivity contribution in [3.05, 3.63) is 95.6 Å². The van der Waals surface area contributed by atoms with Crippen molar-refractivity contribution in [3.63, 3.8) is 0 Å². The van der Waals surface area contributed by atoms with Crippen molar-refractivity contribution in [2.75, 3.05) is 19.7 Å². The van der Waals surface area contributed by atoms with Gasteiger partial charge in [-0.05, 0) is 86.4 Å². The monoisotopic (exact) mass is 516 g/mol. The predicted molar refractivity (Wildman–Crippen MR) is 134 cm³/mol. The zero-order valence-electron chi connectivity index (χ0n) is 20.3. The van der Waals surface area contributed by atoms with Crippen molar-refractivity contribution in [2.24, 2.45) is 0 Å². The molecular formula is C28H31F3N2O4. The topological polar surface area (TPSA) is 79.8 Å². The standard InChI is InChI=1S/C28H31F3N2O4/c29-28(30,31)23-11-15-25(16-12-23)37-26(21-7-3-1-4-8-21)17-19-32-18-5-2-6-20-36-24-13-9-22(10-14-24)27(34)33-35/h1,3-4,7-16,26,32,35H,2,5-6,17-20H2,(H,33,34)/t26-/m1/s1. The van der Waals surface area contributed by atoms with Crippen LogP contribution in [0.4, 0.5) is 13.2 Å². The minimum absolute atomic E-state index is 0.284. The molecule has 0 aliphatic heterocycles. The van der Waals surface area contributed by atoms with E-state index in [9.17, 15) is 18.0 Å². The lowest BCUT2D eigenvalue weighted by atomic mass is 10.1. The third kappa shape index (κ3) is 9.44. The number of ether oxygens (including phenoxy) is 2. The second-order valence-electron chi connectivity index (χ2n) is 8.45. The number of alkyl halides is 3. The van der Waals surface area contributed by atoms with Gasteiger partial charge in [0.25, 0.3) is 5.91 Å². The Balaban J connectivity index is 1.35. The van der Waals surface area contributed by atoms with Crippen molar-refractivity contribution in [3.8, 4) is 11.5 Å². The van der Waals surface area contributed by atoms with Gasteiger partial charge in [-0.15, -0.1) is 0 Å². The molecule has 0 spiro atoms. The number of halogens is 3. The van der Waals surface area contributed by atoms with Gasteiger partial charge in [0.1, 0.15) is 17.6 Å². The highest BCUT2D eigenvalue weighted by Crippen LogP contribution is 2.31. The van der Waals surface area contributed by atoms with Crippen molar-refractivity contribution in [2.45, 2.75) is 38.0 Å². The summed E-state index contributed by atoms with van der Waals surface area (Å²) in [6.07, 6.45) is -1.17. The molecule has 0 bridgehead atoms. The minimum atomic E-state index is -4.38. The summed E-state index contributed by atoms with van der Waals surface area (Å²) in [4.78, 5) is 11.3. The second kappa shape index (κ2) is 14.2. The maximum atomic E-state index is 12.8. The zero-order valence-corrected chi connectivity index (χ0v) is 20.3. The van der Waals surface area contributed by atoms with E-state index in [-0.39, 0.29) is 6.10 Å². The largest absolute Gasteiger partial charge is 0.494 e. The Bertz CT molecular complexity index is 1080. The summed E-state index contributed by atoms with van der Waals surface area (Å²) in [5, 5.41) is 12.0. The highest BCUT2D eigenvalue weighted by molar-refractivity contribution is 5.93. The van der Waals surface area contributed by atoms with Crippen LogP contribution in [0, 0.1) is 0 Å². The van der Waals surface area contributed by atoms with Crippen LogP contribution in [0.5, 0.6) is 11.5 Å². The Morgan fingerprint density at radius 1 is 0.838 bits per heavy atom. The first kappa shape index (κ1) is 28.0. The first-order valence-electron chi connectivity index (χ1n) is 12.1. The molecule has 3 rings (SSSR count). The van der Waals surface area contributed by atoms with Gasteiger partial charge in [0.15, 0.2) is 0 Å². The van der Waals surface area contributed by atoms with Gasteiger partial charge in [-0.1, -0.05) is 30.3 Å². The van der Waals surface area contributed by atoms with Crippen LogP contribution in [0.2, 0.25) is 0 Å². The molecule has 0 saturated heterocycles. The van der Waals surface area contributed by atoms with Crippen molar-refractivity contribution in [1.29, 1.82) is 0 Å². The number of hydroxylamine groups is 1. The summed E-state index contributed by atoms with van der Waals surface area (Å²) in [5.74, 6) is 0.487. The van der Waals surface area contributed by atoms with Gasteiger partial charge in [-0.3, -0.25) is 10.0 Å². The number of hydrogen-bond acceptors (Lipinski definition) is 5. The van der Waals surface area contributed by atoms with Crippen molar-refractivity contribution >= 4 is 5.91 Å². The summed E-state index contributed by atoms with van der Waals surface area (Å²) in [6.45, 7) is 2.08. The lowest BCUT2D eigenvalue weighted by molar-refractivity contribution is -0.137. The predicted octanol–water partition coefficient (Wildman–Crippen LogP) is 6.17. The molecule has 3 aromatic carbocycles. The summed E-state index contributed by atoms with van der Waals surface area (Å²) in [6, 6.07) is 20.9. The average Bonchev–Trinajstić information content (AvgIpc) is 2.91. The molecule has 198 valence electrons. The van der Waals surface area contributed by atoms with E-state index in [0.29, 0.717) is 36.6 Å². The lowest BCUT2D eigenvalue weighted by Crippen LogP contribution is -2.21. The van der Waals surface area contributed by atoms with Gasteiger partial charge in [0.2, 0.25) is 0 Å². The molecule has 3 aromatic rings. The third-order valence-corrected chi connectivity index (χ3v) is 5.70. The summed E-state index contributed by atoms with van der Waals surface area (Å²) in [7, 11) is 0. The first-order valence-corrected chi connectivity index (χ1v) is 12.1. The number of unbranched alkanes of at least 4 members (excludes halogenated alkanes) is 2. The SMILES string of the molecule is O=C(NO)c1ccc(OCCCCCNCC[C@@H](Oc2ccc(C(F)(F)F)cc2)c2ccccc2)cc1. The fraction of sp³-hybridized carbons (Fsp3) is 0.321. The zero-order chi connectivity index (χ0) is 26.5. The molecule has 9 heteroatoms. The molecule has 1 amide bonds. The van der Waals surface area contributed by atoms with Crippen molar-refractivity contribution in [1.82, 2.24) is 10.8 Å². The lowest BCUT2D eigenvalue weighted by Gasteiger charge is -2.20. The molecule has 0 saturated carbocycles. The molecule has 6 nitrogen and oxygen atoms in total. The Kier molecular flexibility index (Phi) is 10.8. The van der Waals surface area contributed by atoms with E-state index in [4.69, 9.17) is 14.7 Å². The maximum absolute atomic E-state index is 12.8. The van der Waals surface area contributed by atoms with E-state index in [2.05, 4.69) is 5.32 Å². The molecule has 0 unspecified atom stereocenters. The van der Waals surface area contributed by atoms with Gasteiger partial charge >= 0.3 is 6.18 Å². The fourth-order valence-electron chi connectivity index (χ4n) is 3.69. The average molecular weight is 517 g/mol.